The summed E-state index contributed by atoms with van der Waals surface area (Å²) in [4.78, 5) is 12.5. The van der Waals surface area contributed by atoms with Crippen LogP contribution in [0.15, 0.2) is 29.8 Å². The van der Waals surface area contributed by atoms with Gasteiger partial charge in [-0.2, -0.15) is 0 Å². The molecule has 1 unspecified atom stereocenters. The molecule has 1 amide bonds. The minimum atomic E-state index is -1.17. The molecule has 0 saturated carbocycles. The smallest absolute Gasteiger partial charge is 0.256 e. The second kappa shape index (κ2) is 3.68. The van der Waals surface area contributed by atoms with E-state index >= 15 is 0 Å². The summed E-state index contributed by atoms with van der Waals surface area (Å²) in [6, 6.07) is 2.70. The van der Waals surface area contributed by atoms with Crippen LogP contribution in [-0.2, 0) is 4.79 Å². The summed E-state index contributed by atoms with van der Waals surface area (Å²) in [5.41, 5.74) is 0.347. The molecule has 0 fully saturated rings. The third kappa shape index (κ3) is 1.69. The Balaban J connectivity index is 2.42. The zero-order valence-electron chi connectivity index (χ0n) is 8.45. The van der Waals surface area contributed by atoms with Crippen LogP contribution >= 0.6 is 0 Å². The van der Waals surface area contributed by atoms with E-state index in [-0.39, 0.29) is 5.69 Å². The van der Waals surface area contributed by atoms with Gasteiger partial charge in [0.25, 0.3) is 5.91 Å². The van der Waals surface area contributed by atoms with E-state index in [1.807, 2.05) is 0 Å². The lowest BCUT2D eigenvalue weighted by atomic mass is 10.2. The lowest BCUT2D eigenvalue weighted by Gasteiger charge is -2.20. The van der Waals surface area contributed by atoms with Gasteiger partial charge in [0.15, 0.2) is 6.23 Å². The largest absolute Gasteiger partial charge is 0.369 e. The normalized spacial score (nSPS) is 20.2. The van der Waals surface area contributed by atoms with Crippen molar-refractivity contribution in [3.63, 3.8) is 0 Å². The van der Waals surface area contributed by atoms with Gasteiger partial charge in [-0.3, -0.25) is 9.69 Å². The van der Waals surface area contributed by atoms with Crippen LogP contribution < -0.4 is 4.90 Å². The average Bonchev–Trinajstić information content (AvgIpc) is 2.39. The predicted octanol–water partition coefficient (Wildman–Crippen LogP) is 1.58. The van der Waals surface area contributed by atoms with Crippen molar-refractivity contribution in [3.05, 3.63) is 41.5 Å². The van der Waals surface area contributed by atoms with Gasteiger partial charge in [-0.1, -0.05) is 0 Å². The number of anilines is 1. The molecule has 84 valence electrons. The molecule has 0 saturated heterocycles. The first-order valence-corrected chi connectivity index (χ1v) is 4.65. The predicted molar refractivity (Wildman–Crippen MR) is 53.6 cm³/mol. The highest BCUT2D eigenvalue weighted by molar-refractivity contribution is 6.08. The summed E-state index contributed by atoms with van der Waals surface area (Å²) in [6.07, 6.45) is 0.152. The van der Waals surface area contributed by atoms with Crippen LogP contribution in [0.5, 0.6) is 0 Å². The van der Waals surface area contributed by atoms with Crippen LogP contribution in [0, 0.1) is 11.6 Å². The van der Waals surface area contributed by atoms with Crippen molar-refractivity contribution in [1.82, 2.24) is 0 Å². The number of carbonyl (C=O) groups excluding carboxylic acids is 1. The molecule has 2 rings (SSSR count). The zero-order chi connectivity index (χ0) is 11.9. The number of benzene rings is 1. The third-order valence-electron chi connectivity index (χ3n) is 2.35. The number of hydrogen-bond donors (Lipinski definition) is 1. The van der Waals surface area contributed by atoms with Crippen LogP contribution in [0.2, 0.25) is 0 Å². The Morgan fingerprint density at radius 2 is 1.81 bits per heavy atom. The van der Waals surface area contributed by atoms with Gasteiger partial charge in [0.05, 0.1) is 5.69 Å². The monoisotopic (exact) mass is 225 g/mol. The third-order valence-corrected chi connectivity index (χ3v) is 2.35. The highest BCUT2D eigenvalue weighted by atomic mass is 19.1. The Morgan fingerprint density at radius 1 is 1.25 bits per heavy atom. The van der Waals surface area contributed by atoms with Gasteiger partial charge in [-0.05, 0) is 25.1 Å². The van der Waals surface area contributed by atoms with Crippen molar-refractivity contribution >= 4 is 11.6 Å². The first-order chi connectivity index (χ1) is 7.49. The maximum Gasteiger partial charge on any atom is 0.256 e. The van der Waals surface area contributed by atoms with Crippen molar-refractivity contribution in [2.75, 3.05) is 4.90 Å². The van der Waals surface area contributed by atoms with Crippen LogP contribution in [0.3, 0.4) is 0 Å². The molecular weight excluding hydrogens is 216 g/mol. The molecule has 1 heterocycles. The van der Waals surface area contributed by atoms with E-state index in [1.54, 1.807) is 0 Å². The van der Waals surface area contributed by atoms with E-state index in [9.17, 15) is 18.7 Å². The van der Waals surface area contributed by atoms with Gasteiger partial charge in [0.2, 0.25) is 0 Å². The zero-order valence-corrected chi connectivity index (χ0v) is 8.45. The van der Waals surface area contributed by atoms with E-state index in [2.05, 4.69) is 0 Å². The molecule has 1 atom stereocenters. The first-order valence-electron chi connectivity index (χ1n) is 4.65. The summed E-state index contributed by atoms with van der Waals surface area (Å²) in [7, 11) is 0. The molecule has 5 heteroatoms. The van der Waals surface area contributed by atoms with Gasteiger partial charge >= 0.3 is 0 Å². The SMILES string of the molecule is CC1=CC(O)N(c2cc(F)cc(F)c2)C1=O. The summed E-state index contributed by atoms with van der Waals surface area (Å²) >= 11 is 0. The van der Waals surface area contributed by atoms with E-state index in [1.165, 1.54) is 13.0 Å². The van der Waals surface area contributed by atoms with E-state index < -0.39 is 23.8 Å². The molecule has 1 aromatic carbocycles. The van der Waals surface area contributed by atoms with Gasteiger partial charge in [0.1, 0.15) is 11.6 Å². The topological polar surface area (TPSA) is 40.5 Å². The minimum absolute atomic E-state index is 0.00287. The second-order valence-corrected chi connectivity index (χ2v) is 3.57. The van der Waals surface area contributed by atoms with Crippen molar-refractivity contribution in [2.45, 2.75) is 13.2 Å². The number of halogens is 2. The van der Waals surface area contributed by atoms with Crippen LogP contribution in [0.25, 0.3) is 0 Å². The lowest BCUT2D eigenvalue weighted by molar-refractivity contribution is -0.115. The summed E-state index contributed by atoms with van der Waals surface area (Å²) in [5, 5.41) is 9.55. The molecule has 0 aromatic heterocycles. The van der Waals surface area contributed by atoms with Crippen molar-refractivity contribution in [2.24, 2.45) is 0 Å². The molecule has 0 aliphatic carbocycles. The fraction of sp³-hybridized carbons (Fsp3) is 0.182. The minimum Gasteiger partial charge on any atom is -0.369 e. The average molecular weight is 225 g/mol. The number of aliphatic hydroxyl groups excluding tert-OH is 1. The summed E-state index contributed by atoms with van der Waals surface area (Å²) < 4.78 is 25.9. The second-order valence-electron chi connectivity index (χ2n) is 3.57. The Morgan fingerprint density at radius 3 is 2.25 bits per heavy atom. The molecule has 1 aliphatic rings. The number of amides is 1. The highest BCUT2D eigenvalue weighted by Crippen LogP contribution is 2.26. The molecule has 1 aliphatic heterocycles. The molecule has 1 N–H and O–H groups in total. The van der Waals surface area contributed by atoms with Gasteiger partial charge in [-0.25, -0.2) is 8.78 Å². The Kier molecular flexibility index (Phi) is 2.47. The molecule has 1 aromatic rings. The van der Waals surface area contributed by atoms with E-state index in [0.717, 1.165) is 17.0 Å². The number of nitrogens with zero attached hydrogens (tertiary/aromatic N) is 1. The van der Waals surface area contributed by atoms with Crippen LogP contribution in [0.1, 0.15) is 6.92 Å². The Bertz CT molecular complexity index is 465. The fourth-order valence-electron chi connectivity index (χ4n) is 1.63. The van der Waals surface area contributed by atoms with Crippen LogP contribution in [-0.4, -0.2) is 17.2 Å². The summed E-state index contributed by atoms with van der Waals surface area (Å²) in [5.74, 6) is -2.04. The number of hydrogen-bond acceptors (Lipinski definition) is 2. The number of aliphatic hydroxyl groups is 1. The molecule has 0 spiro atoms. The number of rotatable bonds is 1. The maximum absolute atomic E-state index is 13.0. The first kappa shape index (κ1) is 10.8. The molecule has 0 bridgehead atoms. The van der Waals surface area contributed by atoms with Crippen LogP contribution in [0.4, 0.5) is 14.5 Å². The van der Waals surface area contributed by atoms with Crippen molar-refractivity contribution in [1.29, 1.82) is 0 Å². The van der Waals surface area contributed by atoms with E-state index in [0.29, 0.717) is 11.6 Å². The summed E-state index contributed by atoms with van der Waals surface area (Å²) in [6.45, 7) is 1.53. The molecule has 3 nitrogen and oxygen atoms in total. The molecule has 16 heavy (non-hydrogen) atoms. The number of carbonyl (C=O) groups is 1. The van der Waals surface area contributed by atoms with Crippen molar-refractivity contribution < 1.29 is 18.7 Å². The lowest BCUT2D eigenvalue weighted by Crippen LogP contribution is -2.34. The van der Waals surface area contributed by atoms with Gasteiger partial charge in [-0.15, -0.1) is 0 Å². The van der Waals surface area contributed by atoms with Gasteiger partial charge < -0.3 is 5.11 Å². The van der Waals surface area contributed by atoms with Gasteiger partial charge in [0, 0.05) is 11.6 Å². The molecule has 0 radical (unpaired) electrons. The highest BCUT2D eigenvalue weighted by Gasteiger charge is 2.30. The van der Waals surface area contributed by atoms with Crippen molar-refractivity contribution in [3.8, 4) is 0 Å². The molecular formula is C11H9F2NO2. The Labute approximate surface area is 90.6 Å². The maximum atomic E-state index is 13.0. The Hall–Kier alpha value is -1.75. The quantitative estimate of drug-likeness (QED) is 0.788. The van der Waals surface area contributed by atoms with E-state index in [4.69, 9.17) is 0 Å². The standard InChI is InChI=1S/C11H9F2NO2/c1-6-2-10(15)14(11(6)16)9-4-7(12)3-8(13)5-9/h2-5,10,15H,1H3. The fourth-order valence-corrected chi connectivity index (χ4v) is 1.63.